The van der Waals surface area contributed by atoms with E-state index in [-0.39, 0.29) is 0 Å². The summed E-state index contributed by atoms with van der Waals surface area (Å²) in [4.78, 5) is 2.15. The molecule has 0 amide bonds. The van der Waals surface area contributed by atoms with E-state index in [4.69, 9.17) is 23.8 Å². The Balaban J connectivity index is 2.03. The van der Waals surface area contributed by atoms with E-state index in [1.54, 1.807) is 17.1 Å². The average Bonchev–Trinajstić information content (AvgIpc) is 2.70. The van der Waals surface area contributed by atoms with Crippen molar-refractivity contribution in [1.29, 1.82) is 0 Å². The Kier molecular flexibility index (Phi) is 7.00. The lowest BCUT2D eigenvalue weighted by atomic mass is 10.4. The lowest BCUT2D eigenvalue weighted by Crippen LogP contribution is -2.38. The van der Waals surface area contributed by atoms with E-state index in [0.29, 0.717) is 10.1 Å². The molecule has 1 rings (SSSR count). The molecule has 0 saturated carbocycles. The molecular formula is C11H20ClN5S. The molecule has 0 spiro atoms. The fraction of sp³-hybridized carbons (Fsp3) is 0.636. The number of thiocarbonyl (C=S) groups is 1. The lowest BCUT2D eigenvalue weighted by Gasteiger charge is -2.12. The molecule has 0 radical (unpaired) electrons. The molecular weight excluding hydrogens is 270 g/mol. The zero-order valence-corrected chi connectivity index (χ0v) is 12.4. The highest BCUT2D eigenvalue weighted by Gasteiger charge is 1.97. The van der Waals surface area contributed by atoms with Crippen LogP contribution in [-0.4, -0.2) is 53.5 Å². The fourth-order valence-corrected chi connectivity index (χ4v) is 1.76. The van der Waals surface area contributed by atoms with Gasteiger partial charge in [0.05, 0.1) is 17.8 Å². The van der Waals surface area contributed by atoms with Gasteiger partial charge in [-0.15, -0.1) is 0 Å². The van der Waals surface area contributed by atoms with E-state index in [2.05, 4.69) is 34.7 Å². The van der Waals surface area contributed by atoms with Crippen molar-refractivity contribution in [2.24, 2.45) is 0 Å². The van der Waals surface area contributed by atoms with E-state index in [1.165, 1.54) is 0 Å². The summed E-state index contributed by atoms with van der Waals surface area (Å²) in [5, 5.41) is 11.7. The van der Waals surface area contributed by atoms with Gasteiger partial charge in [0.1, 0.15) is 0 Å². The summed E-state index contributed by atoms with van der Waals surface area (Å²) >= 11 is 10.9. The summed E-state index contributed by atoms with van der Waals surface area (Å²) < 4.78 is 1.78. The summed E-state index contributed by atoms with van der Waals surface area (Å²) in [6.45, 7) is 3.42. The Morgan fingerprint density at radius 1 is 1.44 bits per heavy atom. The molecule has 18 heavy (non-hydrogen) atoms. The van der Waals surface area contributed by atoms with Crippen LogP contribution in [0.25, 0.3) is 0 Å². The first-order valence-electron chi connectivity index (χ1n) is 5.92. The Bertz CT molecular complexity index is 366. The van der Waals surface area contributed by atoms with Crippen molar-refractivity contribution in [3.8, 4) is 0 Å². The molecule has 7 heteroatoms. The van der Waals surface area contributed by atoms with E-state index < -0.39 is 0 Å². The molecule has 1 aromatic heterocycles. The van der Waals surface area contributed by atoms with Crippen molar-refractivity contribution in [1.82, 2.24) is 25.3 Å². The molecule has 1 aromatic rings. The molecule has 0 fully saturated rings. The molecule has 0 unspecified atom stereocenters. The third kappa shape index (κ3) is 6.78. The summed E-state index contributed by atoms with van der Waals surface area (Å²) in [5.74, 6) is 0. The van der Waals surface area contributed by atoms with Crippen molar-refractivity contribution in [2.45, 2.75) is 13.0 Å². The second kappa shape index (κ2) is 8.29. The monoisotopic (exact) mass is 289 g/mol. The molecule has 0 aliphatic heterocycles. The van der Waals surface area contributed by atoms with Gasteiger partial charge in [-0.25, -0.2) is 0 Å². The Morgan fingerprint density at radius 3 is 2.78 bits per heavy atom. The molecule has 0 atom stereocenters. The zero-order chi connectivity index (χ0) is 13.4. The van der Waals surface area contributed by atoms with E-state index in [9.17, 15) is 0 Å². The highest BCUT2D eigenvalue weighted by atomic mass is 35.5. The maximum atomic E-state index is 5.77. The van der Waals surface area contributed by atoms with Crippen LogP contribution in [-0.2, 0) is 6.54 Å². The van der Waals surface area contributed by atoms with Crippen molar-refractivity contribution < 1.29 is 0 Å². The highest BCUT2D eigenvalue weighted by Crippen LogP contribution is 2.03. The maximum absolute atomic E-state index is 5.77. The number of halogens is 1. The van der Waals surface area contributed by atoms with E-state index >= 15 is 0 Å². The Hall–Kier alpha value is -0.850. The van der Waals surface area contributed by atoms with Crippen LogP contribution >= 0.6 is 23.8 Å². The van der Waals surface area contributed by atoms with Crippen LogP contribution < -0.4 is 10.6 Å². The first-order chi connectivity index (χ1) is 8.58. The van der Waals surface area contributed by atoms with Crippen LogP contribution in [0.2, 0.25) is 5.02 Å². The van der Waals surface area contributed by atoms with E-state index in [0.717, 1.165) is 32.6 Å². The largest absolute Gasteiger partial charge is 0.363 e. The third-order valence-corrected chi connectivity index (χ3v) is 2.78. The minimum Gasteiger partial charge on any atom is -0.363 e. The van der Waals surface area contributed by atoms with Crippen molar-refractivity contribution >= 4 is 28.9 Å². The summed E-state index contributed by atoms with van der Waals surface area (Å²) in [7, 11) is 4.12. The van der Waals surface area contributed by atoms with Gasteiger partial charge in [0, 0.05) is 19.3 Å². The van der Waals surface area contributed by atoms with Gasteiger partial charge < -0.3 is 15.5 Å². The number of aromatic nitrogens is 2. The van der Waals surface area contributed by atoms with Gasteiger partial charge in [-0.3, -0.25) is 4.68 Å². The molecule has 2 N–H and O–H groups in total. The van der Waals surface area contributed by atoms with Crippen molar-refractivity contribution in [2.75, 3.05) is 33.7 Å². The van der Waals surface area contributed by atoms with Gasteiger partial charge in [0.15, 0.2) is 5.11 Å². The minimum atomic E-state index is 0.652. The van der Waals surface area contributed by atoms with Crippen LogP contribution in [0.5, 0.6) is 0 Å². The van der Waals surface area contributed by atoms with E-state index in [1.807, 2.05) is 0 Å². The van der Waals surface area contributed by atoms with Gasteiger partial charge in [0.25, 0.3) is 0 Å². The van der Waals surface area contributed by atoms with Crippen LogP contribution in [0.3, 0.4) is 0 Å². The molecule has 0 aromatic carbocycles. The average molecular weight is 290 g/mol. The number of rotatable bonds is 7. The minimum absolute atomic E-state index is 0.652. The molecule has 5 nitrogen and oxygen atoms in total. The second-order valence-corrected chi connectivity index (χ2v) is 5.11. The number of hydrogen-bond acceptors (Lipinski definition) is 3. The molecule has 1 heterocycles. The third-order valence-electron chi connectivity index (χ3n) is 2.30. The first-order valence-corrected chi connectivity index (χ1v) is 6.71. The lowest BCUT2D eigenvalue weighted by molar-refractivity contribution is 0.400. The summed E-state index contributed by atoms with van der Waals surface area (Å²) in [6, 6.07) is 0. The Labute approximate surface area is 118 Å². The fourth-order valence-electron chi connectivity index (χ4n) is 1.40. The topological polar surface area (TPSA) is 45.1 Å². The van der Waals surface area contributed by atoms with Gasteiger partial charge in [-0.05, 0) is 39.3 Å². The van der Waals surface area contributed by atoms with Crippen molar-refractivity contribution in [3.05, 3.63) is 17.4 Å². The molecule has 102 valence electrons. The highest BCUT2D eigenvalue weighted by molar-refractivity contribution is 7.80. The zero-order valence-electron chi connectivity index (χ0n) is 10.8. The second-order valence-electron chi connectivity index (χ2n) is 4.26. The summed E-state index contributed by atoms with van der Waals surface area (Å²) in [5.41, 5.74) is 0. The molecule has 0 aliphatic carbocycles. The number of hydrogen-bond donors (Lipinski definition) is 2. The maximum Gasteiger partial charge on any atom is 0.166 e. The normalized spacial score (nSPS) is 10.7. The van der Waals surface area contributed by atoms with Crippen LogP contribution in [0.1, 0.15) is 6.42 Å². The van der Waals surface area contributed by atoms with Gasteiger partial charge >= 0.3 is 0 Å². The molecule has 0 saturated heterocycles. The van der Waals surface area contributed by atoms with Gasteiger partial charge in [0.2, 0.25) is 0 Å². The van der Waals surface area contributed by atoms with Crippen LogP contribution in [0.15, 0.2) is 12.4 Å². The van der Waals surface area contributed by atoms with Crippen LogP contribution in [0, 0.1) is 0 Å². The Morgan fingerprint density at radius 2 is 2.17 bits per heavy atom. The molecule has 0 bridgehead atoms. The smallest absolute Gasteiger partial charge is 0.166 e. The predicted molar refractivity (Wildman–Crippen MR) is 79.0 cm³/mol. The first kappa shape index (κ1) is 15.2. The molecule has 0 aliphatic rings. The predicted octanol–water partition coefficient (Wildman–Crippen LogP) is 0.952. The number of nitrogens with one attached hydrogen (secondary N) is 2. The van der Waals surface area contributed by atoms with Crippen molar-refractivity contribution in [3.63, 3.8) is 0 Å². The van der Waals surface area contributed by atoms with Gasteiger partial charge in [-0.2, -0.15) is 5.10 Å². The van der Waals surface area contributed by atoms with Gasteiger partial charge in [-0.1, -0.05) is 11.6 Å². The summed E-state index contributed by atoms with van der Waals surface area (Å²) in [6.07, 6.45) is 4.49. The quantitative estimate of drug-likeness (QED) is 0.578. The number of nitrogens with zero attached hydrogens (tertiary/aromatic N) is 3. The standard InChI is InChI=1S/C11H20ClN5S/c1-16(2)6-3-4-13-11(18)14-5-7-17-9-10(12)8-15-17/h8-9H,3-7H2,1-2H3,(H2,13,14,18). The SMILES string of the molecule is CN(C)CCCNC(=S)NCCn1cc(Cl)cn1. The van der Waals surface area contributed by atoms with Crippen LogP contribution in [0.4, 0.5) is 0 Å².